The minimum Gasteiger partial charge on any atom is -0.379 e. The van der Waals surface area contributed by atoms with Gasteiger partial charge in [-0.2, -0.15) is 0 Å². The number of fused-ring (bicyclic) bond motifs is 1. The second-order valence-corrected chi connectivity index (χ2v) is 6.78. The second kappa shape index (κ2) is 9.81. The minimum atomic E-state index is -0.0927. The molecule has 0 saturated heterocycles. The molecular weight excluding hydrogens is 264 g/mol. The fourth-order valence-corrected chi connectivity index (χ4v) is 3.89. The molecule has 0 aromatic carbocycles. The molecular formula is C18H34O3. The smallest absolute Gasteiger partial charge is 0.155 e. The summed E-state index contributed by atoms with van der Waals surface area (Å²) < 4.78 is 17.3. The lowest BCUT2D eigenvalue weighted by molar-refractivity contribution is -0.179. The lowest BCUT2D eigenvalue weighted by atomic mass is 9.70. The Bertz CT molecular complexity index is 269. The quantitative estimate of drug-likeness (QED) is 0.462. The van der Waals surface area contributed by atoms with Crippen molar-refractivity contribution >= 4 is 0 Å². The fraction of sp³-hybridized carbons (Fsp3) is 1.00. The molecule has 4 unspecified atom stereocenters. The molecule has 2 aliphatic rings. The van der Waals surface area contributed by atoms with Gasteiger partial charge in [0.2, 0.25) is 0 Å². The summed E-state index contributed by atoms with van der Waals surface area (Å²) in [5.74, 6) is 1.91. The maximum absolute atomic E-state index is 6.09. The van der Waals surface area contributed by atoms with Crippen LogP contribution in [0.1, 0.15) is 71.6 Å². The molecule has 0 aromatic rings. The maximum Gasteiger partial charge on any atom is 0.155 e. The van der Waals surface area contributed by atoms with Crippen LogP contribution in [0.4, 0.5) is 0 Å². The Morgan fingerprint density at radius 1 is 0.952 bits per heavy atom. The van der Waals surface area contributed by atoms with Gasteiger partial charge in [-0.15, -0.1) is 0 Å². The molecule has 2 rings (SSSR count). The Balaban J connectivity index is 1.54. The van der Waals surface area contributed by atoms with Crippen LogP contribution in [0.15, 0.2) is 0 Å². The molecule has 21 heavy (non-hydrogen) atoms. The summed E-state index contributed by atoms with van der Waals surface area (Å²) in [6.45, 7) is 6.38. The van der Waals surface area contributed by atoms with Crippen LogP contribution in [0.5, 0.6) is 0 Å². The normalized spacial score (nSPS) is 30.9. The fourth-order valence-electron chi connectivity index (χ4n) is 3.89. The van der Waals surface area contributed by atoms with Gasteiger partial charge in [0.25, 0.3) is 0 Å². The molecule has 2 fully saturated rings. The van der Waals surface area contributed by atoms with E-state index in [9.17, 15) is 0 Å². The molecule has 0 heterocycles. The number of ether oxygens (including phenoxy) is 3. The highest BCUT2D eigenvalue weighted by Gasteiger charge is 2.33. The highest BCUT2D eigenvalue weighted by molar-refractivity contribution is 4.83. The SMILES string of the molecule is CCCCOCCOC(C)OC1CCC2CCCCC2C1. The molecule has 0 amide bonds. The number of hydrogen-bond acceptors (Lipinski definition) is 3. The van der Waals surface area contributed by atoms with Crippen molar-refractivity contribution in [3.05, 3.63) is 0 Å². The Labute approximate surface area is 130 Å². The van der Waals surface area contributed by atoms with E-state index in [0.29, 0.717) is 19.3 Å². The largest absolute Gasteiger partial charge is 0.379 e. The van der Waals surface area contributed by atoms with Crippen molar-refractivity contribution in [1.82, 2.24) is 0 Å². The molecule has 0 N–H and O–H groups in total. The van der Waals surface area contributed by atoms with Gasteiger partial charge in [-0.25, -0.2) is 0 Å². The molecule has 2 aliphatic carbocycles. The van der Waals surface area contributed by atoms with Crippen molar-refractivity contribution in [3.63, 3.8) is 0 Å². The van der Waals surface area contributed by atoms with Crippen LogP contribution in [0.3, 0.4) is 0 Å². The van der Waals surface area contributed by atoms with E-state index >= 15 is 0 Å². The molecule has 0 aromatic heterocycles. The second-order valence-electron chi connectivity index (χ2n) is 6.78. The van der Waals surface area contributed by atoms with Crippen LogP contribution < -0.4 is 0 Å². The first-order chi connectivity index (χ1) is 10.3. The van der Waals surface area contributed by atoms with Gasteiger partial charge in [-0.05, 0) is 44.4 Å². The molecule has 124 valence electrons. The van der Waals surface area contributed by atoms with E-state index in [4.69, 9.17) is 14.2 Å². The van der Waals surface area contributed by atoms with Gasteiger partial charge < -0.3 is 14.2 Å². The lowest BCUT2D eigenvalue weighted by Crippen LogP contribution is -2.34. The van der Waals surface area contributed by atoms with Gasteiger partial charge in [0, 0.05) is 6.61 Å². The zero-order chi connectivity index (χ0) is 14.9. The van der Waals surface area contributed by atoms with Crippen molar-refractivity contribution in [3.8, 4) is 0 Å². The maximum atomic E-state index is 6.09. The summed E-state index contributed by atoms with van der Waals surface area (Å²) in [7, 11) is 0. The van der Waals surface area contributed by atoms with E-state index in [1.54, 1.807) is 0 Å². The third kappa shape index (κ3) is 6.25. The Hall–Kier alpha value is -0.120. The first-order valence-corrected chi connectivity index (χ1v) is 9.14. The number of unbranched alkanes of at least 4 members (excludes halogenated alkanes) is 1. The van der Waals surface area contributed by atoms with Crippen molar-refractivity contribution < 1.29 is 14.2 Å². The molecule has 3 nitrogen and oxygen atoms in total. The summed E-state index contributed by atoms with van der Waals surface area (Å²) in [5, 5.41) is 0. The molecule has 0 bridgehead atoms. The highest BCUT2D eigenvalue weighted by atomic mass is 16.7. The van der Waals surface area contributed by atoms with E-state index in [2.05, 4.69) is 6.92 Å². The lowest BCUT2D eigenvalue weighted by Gasteiger charge is -2.39. The van der Waals surface area contributed by atoms with Crippen LogP contribution in [-0.2, 0) is 14.2 Å². The summed E-state index contributed by atoms with van der Waals surface area (Å²) in [4.78, 5) is 0. The van der Waals surface area contributed by atoms with Crippen molar-refractivity contribution in [1.29, 1.82) is 0 Å². The molecule has 2 saturated carbocycles. The molecule has 4 atom stereocenters. The Kier molecular flexibility index (Phi) is 8.05. The van der Waals surface area contributed by atoms with Gasteiger partial charge >= 0.3 is 0 Å². The van der Waals surface area contributed by atoms with Gasteiger partial charge in [0.05, 0.1) is 19.3 Å². The monoisotopic (exact) mass is 298 g/mol. The predicted octanol–water partition coefficient (Wildman–Crippen LogP) is 4.54. The van der Waals surface area contributed by atoms with Gasteiger partial charge in [-0.3, -0.25) is 0 Å². The van der Waals surface area contributed by atoms with E-state index < -0.39 is 0 Å². The van der Waals surface area contributed by atoms with Crippen LogP contribution in [-0.4, -0.2) is 32.2 Å². The van der Waals surface area contributed by atoms with E-state index in [1.807, 2.05) is 6.92 Å². The molecule has 3 heteroatoms. The number of rotatable bonds is 9. The standard InChI is InChI=1S/C18H34O3/c1-3-4-11-19-12-13-20-15(2)21-18-10-9-16-7-5-6-8-17(16)14-18/h15-18H,3-14H2,1-2H3. The van der Waals surface area contributed by atoms with E-state index in [1.165, 1.54) is 51.4 Å². The van der Waals surface area contributed by atoms with Crippen molar-refractivity contribution in [2.45, 2.75) is 84.0 Å². The van der Waals surface area contributed by atoms with Crippen LogP contribution >= 0.6 is 0 Å². The summed E-state index contributed by atoms with van der Waals surface area (Å²) in [6, 6.07) is 0. The average Bonchev–Trinajstić information content (AvgIpc) is 2.50. The number of hydrogen-bond donors (Lipinski definition) is 0. The van der Waals surface area contributed by atoms with Gasteiger partial charge in [0.15, 0.2) is 6.29 Å². The first kappa shape index (κ1) is 17.2. The van der Waals surface area contributed by atoms with Gasteiger partial charge in [0.1, 0.15) is 0 Å². The minimum absolute atomic E-state index is 0.0927. The van der Waals surface area contributed by atoms with Gasteiger partial charge in [-0.1, -0.05) is 39.0 Å². The predicted molar refractivity (Wildman–Crippen MR) is 85.3 cm³/mol. The van der Waals surface area contributed by atoms with E-state index in [0.717, 1.165) is 24.9 Å². The van der Waals surface area contributed by atoms with Crippen LogP contribution in [0.25, 0.3) is 0 Å². The third-order valence-corrected chi connectivity index (χ3v) is 5.10. The molecule has 0 aliphatic heterocycles. The van der Waals surface area contributed by atoms with E-state index in [-0.39, 0.29) is 6.29 Å². The zero-order valence-corrected chi connectivity index (χ0v) is 14.0. The molecule has 0 radical (unpaired) electrons. The highest BCUT2D eigenvalue weighted by Crippen LogP contribution is 2.41. The van der Waals surface area contributed by atoms with Crippen molar-refractivity contribution in [2.75, 3.05) is 19.8 Å². The Morgan fingerprint density at radius 3 is 2.57 bits per heavy atom. The topological polar surface area (TPSA) is 27.7 Å². The molecule has 0 spiro atoms. The summed E-state index contributed by atoms with van der Waals surface area (Å²) in [6.07, 6.45) is 12.2. The van der Waals surface area contributed by atoms with Crippen LogP contribution in [0, 0.1) is 11.8 Å². The zero-order valence-electron chi connectivity index (χ0n) is 14.0. The average molecular weight is 298 g/mol. The Morgan fingerprint density at radius 2 is 1.76 bits per heavy atom. The summed E-state index contributed by atoms with van der Waals surface area (Å²) >= 11 is 0. The van der Waals surface area contributed by atoms with Crippen LogP contribution in [0.2, 0.25) is 0 Å². The first-order valence-electron chi connectivity index (χ1n) is 9.14. The third-order valence-electron chi connectivity index (χ3n) is 5.10. The van der Waals surface area contributed by atoms with Crippen molar-refractivity contribution in [2.24, 2.45) is 11.8 Å². The summed E-state index contributed by atoms with van der Waals surface area (Å²) in [5.41, 5.74) is 0.